The fourth-order valence-electron chi connectivity index (χ4n) is 3.80. The molecule has 2 heterocycles. The zero-order chi connectivity index (χ0) is 20.9. The summed E-state index contributed by atoms with van der Waals surface area (Å²) in [6.07, 6.45) is 2.33. The van der Waals surface area contributed by atoms with E-state index < -0.39 is 0 Å². The number of thioether (sulfide) groups is 1. The molecule has 0 saturated carbocycles. The highest BCUT2D eigenvalue weighted by Gasteiger charge is 2.22. The van der Waals surface area contributed by atoms with Crippen LogP contribution in [0.1, 0.15) is 23.5 Å². The Hall–Kier alpha value is -2.93. The van der Waals surface area contributed by atoms with Gasteiger partial charge in [-0.15, -0.1) is 0 Å². The van der Waals surface area contributed by atoms with E-state index in [1.54, 1.807) is 12.0 Å². The van der Waals surface area contributed by atoms with Crippen molar-refractivity contribution in [2.45, 2.75) is 12.3 Å². The van der Waals surface area contributed by atoms with Gasteiger partial charge in [0.25, 0.3) is 5.24 Å². The van der Waals surface area contributed by atoms with Crippen LogP contribution in [0, 0.1) is 0 Å². The Morgan fingerprint density at radius 3 is 2.77 bits per heavy atom. The summed E-state index contributed by atoms with van der Waals surface area (Å²) in [7, 11) is 1.65. The standard InChI is InChI=1S/C23H25N3O3S/c1-29-17-8-6-16(7-9-17)19(20-15-24-21-5-3-2-4-18(20)21)14-25-22(27)10-11-26-12-13-30-23(26)28/h2-9,15,19,24H,10-14H2,1H3,(H,25,27)/t19-/m0/s1. The Morgan fingerprint density at radius 1 is 1.23 bits per heavy atom. The number of hydrogen-bond acceptors (Lipinski definition) is 4. The number of H-pyrrole nitrogens is 1. The first-order valence-corrected chi connectivity index (χ1v) is 11.0. The fraction of sp³-hybridized carbons (Fsp3) is 0.304. The summed E-state index contributed by atoms with van der Waals surface area (Å²) in [6, 6.07) is 16.1. The molecule has 2 N–H and O–H groups in total. The molecule has 1 aliphatic rings. The Bertz CT molecular complexity index is 1030. The van der Waals surface area contributed by atoms with Gasteiger partial charge in [0.05, 0.1) is 7.11 Å². The number of benzene rings is 2. The lowest BCUT2D eigenvalue weighted by Gasteiger charge is -2.19. The predicted octanol–water partition coefficient (Wildman–Crippen LogP) is 3.98. The maximum Gasteiger partial charge on any atom is 0.281 e. The van der Waals surface area contributed by atoms with E-state index in [4.69, 9.17) is 4.74 Å². The molecule has 0 bridgehead atoms. The number of nitrogens with zero attached hydrogens (tertiary/aromatic N) is 1. The number of carbonyl (C=O) groups excluding carboxylic acids is 2. The fourth-order valence-corrected chi connectivity index (χ4v) is 4.65. The van der Waals surface area contributed by atoms with Crippen molar-refractivity contribution in [3.05, 3.63) is 65.9 Å². The van der Waals surface area contributed by atoms with Gasteiger partial charge in [0, 0.05) is 54.8 Å². The largest absolute Gasteiger partial charge is 0.497 e. The quantitative estimate of drug-likeness (QED) is 0.575. The summed E-state index contributed by atoms with van der Waals surface area (Å²) in [5.74, 6) is 1.56. The normalized spacial score (nSPS) is 14.8. The van der Waals surface area contributed by atoms with Crippen LogP contribution < -0.4 is 10.1 Å². The average molecular weight is 424 g/mol. The summed E-state index contributed by atoms with van der Waals surface area (Å²) >= 11 is 1.32. The number of aromatic amines is 1. The van der Waals surface area contributed by atoms with Gasteiger partial charge in [-0.1, -0.05) is 42.1 Å². The van der Waals surface area contributed by atoms with Gasteiger partial charge in [-0.3, -0.25) is 9.59 Å². The number of methoxy groups -OCH3 is 1. The molecule has 30 heavy (non-hydrogen) atoms. The van der Waals surface area contributed by atoms with E-state index in [1.165, 1.54) is 11.8 Å². The lowest BCUT2D eigenvalue weighted by atomic mass is 9.90. The molecule has 4 rings (SSSR count). The number of nitrogens with one attached hydrogen (secondary N) is 2. The number of rotatable bonds is 8. The Labute approximate surface area is 180 Å². The van der Waals surface area contributed by atoms with Gasteiger partial charge in [-0.25, -0.2) is 0 Å². The average Bonchev–Trinajstić information content (AvgIpc) is 3.39. The van der Waals surface area contributed by atoms with Gasteiger partial charge in [-0.2, -0.15) is 0 Å². The number of amides is 2. The Kier molecular flexibility index (Phi) is 6.28. The summed E-state index contributed by atoms with van der Waals surface area (Å²) in [5, 5.41) is 4.29. The molecule has 1 fully saturated rings. The van der Waals surface area contributed by atoms with E-state index in [0.29, 0.717) is 19.5 Å². The predicted molar refractivity (Wildman–Crippen MR) is 120 cm³/mol. The lowest BCUT2D eigenvalue weighted by Crippen LogP contribution is -2.33. The van der Waals surface area contributed by atoms with E-state index in [1.807, 2.05) is 48.7 Å². The number of aromatic nitrogens is 1. The molecule has 0 aliphatic carbocycles. The van der Waals surface area contributed by atoms with Crippen molar-refractivity contribution in [3.8, 4) is 5.75 Å². The highest BCUT2D eigenvalue weighted by atomic mass is 32.2. The minimum Gasteiger partial charge on any atom is -0.497 e. The second-order valence-electron chi connectivity index (χ2n) is 7.27. The molecular formula is C23H25N3O3S. The maximum absolute atomic E-state index is 12.5. The molecule has 1 atom stereocenters. The molecule has 0 radical (unpaired) electrons. The Morgan fingerprint density at radius 2 is 2.03 bits per heavy atom. The molecule has 1 saturated heterocycles. The molecule has 2 amide bonds. The maximum atomic E-state index is 12.5. The molecule has 7 heteroatoms. The van der Waals surface area contributed by atoms with E-state index >= 15 is 0 Å². The number of ether oxygens (including phenoxy) is 1. The van der Waals surface area contributed by atoms with Gasteiger partial charge < -0.3 is 19.9 Å². The summed E-state index contributed by atoms with van der Waals surface area (Å²) in [4.78, 5) is 29.3. The third kappa shape index (κ3) is 4.46. The minimum atomic E-state index is -0.0435. The van der Waals surface area contributed by atoms with Crippen molar-refractivity contribution >= 4 is 33.8 Å². The zero-order valence-corrected chi connectivity index (χ0v) is 17.7. The van der Waals surface area contributed by atoms with E-state index in [-0.39, 0.29) is 17.1 Å². The topological polar surface area (TPSA) is 74.4 Å². The second kappa shape index (κ2) is 9.26. The molecule has 1 aromatic heterocycles. The van der Waals surface area contributed by atoms with Crippen LogP contribution in [0.15, 0.2) is 54.7 Å². The van der Waals surface area contributed by atoms with Gasteiger partial charge in [0.1, 0.15) is 5.75 Å². The van der Waals surface area contributed by atoms with Crippen LogP contribution >= 0.6 is 11.8 Å². The van der Waals surface area contributed by atoms with Gasteiger partial charge in [-0.05, 0) is 29.3 Å². The number of carbonyl (C=O) groups is 2. The van der Waals surface area contributed by atoms with Gasteiger partial charge >= 0.3 is 0 Å². The van der Waals surface area contributed by atoms with Crippen LogP contribution in [0.3, 0.4) is 0 Å². The van der Waals surface area contributed by atoms with Crippen molar-refractivity contribution < 1.29 is 14.3 Å². The van der Waals surface area contributed by atoms with Crippen molar-refractivity contribution in [2.75, 3.05) is 32.5 Å². The smallest absolute Gasteiger partial charge is 0.281 e. The van der Waals surface area contributed by atoms with Crippen molar-refractivity contribution in [1.82, 2.24) is 15.2 Å². The zero-order valence-electron chi connectivity index (χ0n) is 16.9. The molecule has 0 unspecified atom stereocenters. The van der Waals surface area contributed by atoms with Gasteiger partial charge in [0.15, 0.2) is 0 Å². The van der Waals surface area contributed by atoms with Crippen molar-refractivity contribution in [3.63, 3.8) is 0 Å². The van der Waals surface area contributed by atoms with Crippen molar-refractivity contribution in [2.24, 2.45) is 0 Å². The first-order chi connectivity index (χ1) is 14.7. The van der Waals surface area contributed by atoms with E-state index in [0.717, 1.165) is 40.1 Å². The summed E-state index contributed by atoms with van der Waals surface area (Å²) in [6.45, 7) is 1.67. The molecule has 0 spiro atoms. The van der Waals surface area contributed by atoms with Crippen LogP contribution in [0.25, 0.3) is 10.9 Å². The second-order valence-corrected chi connectivity index (χ2v) is 8.32. The molecular weight excluding hydrogens is 398 g/mol. The third-order valence-corrected chi connectivity index (χ3v) is 6.36. The van der Waals surface area contributed by atoms with Crippen LogP contribution in [0.4, 0.5) is 4.79 Å². The van der Waals surface area contributed by atoms with Gasteiger partial charge in [0.2, 0.25) is 5.91 Å². The van der Waals surface area contributed by atoms with E-state index in [9.17, 15) is 9.59 Å². The van der Waals surface area contributed by atoms with Crippen LogP contribution in [-0.2, 0) is 4.79 Å². The molecule has 3 aromatic rings. The lowest BCUT2D eigenvalue weighted by molar-refractivity contribution is -0.121. The first-order valence-electron chi connectivity index (χ1n) is 10.0. The summed E-state index contributed by atoms with van der Waals surface area (Å²) in [5.41, 5.74) is 3.32. The van der Waals surface area contributed by atoms with Crippen LogP contribution in [0.2, 0.25) is 0 Å². The minimum absolute atomic E-state index is 0.0000182. The van der Waals surface area contributed by atoms with Crippen LogP contribution in [0.5, 0.6) is 5.75 Å². The molecule has 1 aliphatic heterocycles. The summed E-state index contributed by atoms with van der Waals surface area (Å²) < 4.78 is 5.29. The number of para-hydroxylation sites is 1. The number of fused-ring (bicyclic) bond motifs is 1. The van der Waals surface area contributed by atoms with Crippen molar-refractivity contribution in [1.29, 1.82) is 0 Å². The molecule has 2 aromatic carbocycles. The van der Waals surface area contributed by atoms with Crippen LogP contribution in [-0.4, -0.2) is 53.5 Å². The SMILES string of the molecule is COc1ccc([C@H](CNC(=O)CCN2CCSC2=O)c2c[nH]c3ccccc23)cc1. The molecule has 6 nitrogen and oxygen atoms in total. The molecule has 156 valence electrons. The third-order valence-electron chi connectivity index (χ3n) is 5.47. The number of hydrogen-bond donors (Lipinski definition) is 2. The Balaban J connectivity index is 1.50. The monoisotopic (exact) mass is 423 g/mol. The first kappa shape index (κ1) is 20.3. The highest BCUT2D eigenvalue weighted by molar-refractivity contribution is 8.13. The van der Waals surface area contributed by atoms with E-state index in [2.05, 4.69) is 16.4 Å². The highest BCUT2D eigenvalue weighted by Crippen LogP contribution is 2.31.